The molecule has 0 radical (unpaired) electrons. The molecule has 0 rings (SSSR count). The van der Waals surface area contributed by atoms with Crippen molar-refractivity contribution in [3.05, 3.63) is 5.21 Å². The molecule has 0 N–H and O–H groups in total. The van der Waals surface area contributed by atoms with Crippen LogP contribution in [0.5, 0.6) is 0 Å². The highest BCUT2D eigenvalue weighted by Crippen LogP contribution is 2.13. The van der Waals surface area contributed by atoms with Crippen LogP contribution in [-0.4, -0.2) is 25.0 Å². The number of quaternary nitrogens is 1. The van der Waals surface area contributed by atoms with Crippen molar-refractivity contribution in [2.24, 2.45) is 0 Å². The van der Waals surface area contributed by atoms with E-state index in [-0.39, 0.29) is 6.10 Å². The van der Waals surface area contributed by atoms with Crippen LogP contribution in [0.3, 0.4) is 0 Å². The van der Waals surface area contributed by atoms with Crippen molar-refractivity contribution >= 4 is 0 Å². The molecular weight excluding hydrogens is 238 g/mol. The van der Waals surface area contributed by atoms with Crippen LogP contribution in [0.25, 0.3) is 0 Å². The van der Waals surface area contributed by atoms with Crippen LogP contribution < -0.4 is 0 Å². The van der Waals surface area contributed by atoms with E-state index in [9.17, 15) is 5.21 Å². The fraction of sp³-hybridized carbons (Fsp3) is 1.00. The molecule has 0 heterocycles. The van der Waals surface area contributed by atoms with Crippen LogP contribution in [0.4, 0.5) is 0 Å². The highest BCUT2D eigenvalue weighted by atomic mass is 16.9. The first kappa shape index (κ1) is 18.9. The fourth-order valence-corrected chi connectivity index (χ4v) is 2.41. The second kappa shape index (κ2) is 11.7. The minimum Gasteiger partial charge on any atom is -0.599 e. The molecule has 0 bridgehead atoms. The Hall–Kier alpha value is -0.120. The molecule has 0 aromatic heterocycles. The van der Waals surface area contributed by atoms with Crippen molar-refractivity contribution in [3.63, 3.8) is 0 Å². The number of rotatable bonds is 13. The van der Waals surface area contributed by atoms with Crippen molar-refractivity contribution in [2.45, 2.75) is 90.6 Å². The predicted octanol–water partition coefficient (Wildman–Crippen LogP) is 5.19. The minimum absolute atomic E-state index is 0.0709. The molecule has 3 nitrogen and oxygen atoms in total. The summed E-state index contributed by atoms with van der Waals surface area (Å²) in [4.78, 5) is 4.66. The van der Waals surface area contributed by atoms with E-state index < -0.39 is 4.81 Å². The Kier molecular flexibility index (Phi) is 11.6. The zero-order valence-electron chi connectivity index (χ0n) is 13.6. The quantitative estimate of drug-likeness (QED) is 0.263. The third-order valence-electron chi connectivity index (χ3n) is 3.40. The predicted molar refractivity (Wildman–Crippen MR) is 82.5 cm³/mol. The molecule has 1 atom stereocenters. The van der Waals surface area contributed by atoms with E-state index in [2.05, 4.69) is 6.92 Å². The van der Waals surface area contributed by atoms with Gasteiger partial charge in [0.2, 0.25) is 0 Å². The number of nitrogens with zero attached hydrogens (tertiary/aromatic N) is 1. The molecule has 0 aliphatic carbocycles. The maximum absolute atomic E-state index is 11.3. The number of hydrogen-bond acceptors (Lipinski definition) is 2. The van der Waals surface area contributed by atoms with E-state index in [1.807, 2.05) is 6.92 Å². The van der Waals surface area contributed by atoms with Gasteiger partial charge >= 0.3 is 0 Å². The molecule has 0 aromatic carbocycles. The zero-order valence-corrected chi connectivity index (χ0v) is 13.6. The van der Waals surface area contributed by atoms with Gasteiger partial charge in [-0.2, -0.15) is 4.84 Å². The first-order valence-electron chi connectivity index (χ1n) is 8.19. The molecule has 116 valence electrons. The third kappa shape index (κ3) is 15.8. The Bertz CT molecular complexity index is 190. The van der Waals surface area contributed by atoms with Gasteiger partial charge in [-0.1, -0.05) is 71.1 Å². The molecule has 0 saturated heterocycles. The highest BCUT2D eigenvalue weighted by Gasteiger charge is 2.10. The summed E-state index contributed by atoms with van der Waals surface area (Å²) in [6.07, 6.45) is 14.6. The van der Waals surface area contributed by atoms with Crippen molar-refractivity contribution in [3.8, 4) is 0 Å². The van der Waals surface area contributed by atoms with Crippen molar-refractivity contribution in [1.82, 2.24) is 0 Å². The maximum Gasteiger partial charge on any atom is 0.114 e. The maximum atomic E-state index is 11.3. The van der Waals surface area contributed by atoms with E-state index in [0.717, 1.165) is 6.42 Å². The van der Waals surface area contributed by atoms with Crippen LogP contribution in [0, 0.1) is 5.21 Å². The van der Waals surface area contributed by atoms with Gasteiger partial charge < -0.3 is 5.21 Å². The lowest BCUT2D eigenvalue weighted by molar-refractivity contribution is -1.04. The molecule has 0 spiro atoms. The Balaban J connectivity index is 3.18. The van der Waals surface area contributed by atoms with Gasteiger partial charge in [-0.3, -0.25) is 0 Å². The Morgan fingerprint density at radius 2 is 1.26 bits per heavy atom. The number of hydroxylamine groups is 4. The summed E-state index contributed by atoms with van der Waals surface area (Å²) in [5, 5.41) is 11.3. The average molecular weight is 273 g/mol. The number of unbranched alkanes of at least 4 members (excludes halogenated alkanes) is 9. The van der Waals surface area contributed by atoms with Gasteiger partial charge in [0, 0.05) is 0 Å². The molecule has 0 aromatic rings. The van der Waals surface area contributed by atoms with E-state index in [1.165, 1.54) is 78.3 Å². The summed E-state index contributed by atoms with van der Waals surface area (Å²) >= 11 is 0. The molecule has 1 unspecified atom stereocenters. The second-order valence-corrected chi connectivity index (χ2v) is 6.14. The van der Waals surface area contributed by atoms with Gasteiger partial charge in [0.15, 0.2) is 0 Å². The lowest BCUT2D eigenvalue weighted by atomic mass is 10.1. The SMILES string of the molecule is CCCCCCCCCCCCC(C)O[N+](C)(C)[O-]. The van der Waals surface area contributed by atoms with Gasteiger partial charge in [-0.15, -0.1) is 0 Å². The van der Waals surface area contributed by atoms with E-state index in [4.69, 9.17) is 4.84 Å². The third-order valence-corrected chi connectivity index (χ3v) is 3.40. The Morgan fingerprint density at radius 3 is 1.68 bits per heavy atom. The van der Waals surface area contributed by atoms with Gasteiger partial charge in [0.25, 0.3) is 0 Å². The smallest absolute Gasteiger partial charge is 0.114 e. The summed E-state index contributed by atoms with van der Waals surface area (Å²) in [7, 11) is 3.05. The van der Waals surface area contributed by atoms with Crippen molar-refractivity contribution in [2.75, 3.05) is 14.1 Å². The van der Waals surface area contributed by atoms with Gasteiger partial charge in [0.05, 0.1) is 14.1 Å². The average Bonchev–Trinajstić information content (AvgIpc) is 2.29. The Morgan fingerprint density at radius 1 is 0.842 bits per heavy atom. The summed E-state index contributed by atoms with van der Waals surface area (Å²) in [6, 6.07) is 0. The topological polar surface area (TPSA) is 32.3 Å². The van der Waals surface area contributed by atoms with Crippen LogP contribution in [0.1, 0.15) is 84.5 Å². The summed E-state index contributed by atoms with van der Waals surface area (Å²) in [5.74, 6) is 0. The van der Waals surface area contributed by atoms with E-state index in [1.54, 1.807) is 0 Å². The van der Waals surface area contributed by atoms with Crippen LogP contribution >= 0.6 is 0 Å². The van der Waals surface area contributed by atoms with Crippen molar-refractivity contribution in [1.29, 1.82) is 0 Å². The van der Waals surface area contributed by atoms with E-state index in [0.29, 0.717) is 0 Å². The number of hydrogen-bond donors (Lipinski definition) is 0. The summed E-state index contributed by atoms with van der Waals surface area (Å²) in [5.41, 5.74) is 0. The van der Waals surface area contributed by atoms with Crippen LogP contribution in [-0.2, 0) is 4.84 Å². The van der Waals surface area contributed by atoms with Crippen LogP contribution in [0.2, 0.25) is 0 Å². The Labute approximate surface area is 120 Å². The summed E-state index contributed by atoms with van der Waals surface area (Å²) < 4.78 is 0. The van der Waals surface area contributed by atoms with Crippen LogP contribution in [0.15, 0.2) is 0 Å². The fourth-order valence-electron chi connectivity index (χ4n) is 2.41. The molecular formula is C16H35NO2. The molecule has 3 heteroatoms. The molecule has 0 aliphatic rings. The second-order valence-electron chi connectivity index (χ2n) is 6.14. The first-order valence-corrected chi connectivity index (χ1v) is 8.19. The van der Waals surface area contributed by atoms with Crippen molar-refractivity contribution < 1.29 is 9.65 Å². The van der Waals surface area contributed by atoms with E-state index >= 15 is 0 Å². The first-order chi connectivity index (χ1) is 8.95. The molecule has 0 amide bonds. The standard InChI is InChI=1S/C16H35NO2/c1-5-6-7-8-9-10-11-12-13-14-15-16(2)19-17(3,4)18/h16H,5-15H2,1-4H3. The molecule has 0 saturated carbocycles. The van der Waals surface area contributed by atoms with Gasteiger partial charge in [-0.05, 0) is 13.3 Å². The zero-order chi connectivity index (χ0) is 14.6. The van der Waals surface area contributed by atoms with Gasteiger partial charge in [-0.25, -0.2) is 4.81 Å². The molecule has 19 heavy (non-hydrogen) atoms. The molecule has 0 fully saturated rings. The molecule has 0 aliphatic heterocycles. The van der Waals surface area contributed by atoms with Gasteiger partial charge in [0.1, 0.15) is 6.10 Å². The normalized spacial score (nSPS) is 13.7. The minimum atomic E-state index is -0.640. The largest absolute Gasteiger partial charge is 0.599 e. The monoisotopic (exact) mass is 273 g/mol. The summed E-state index contributed by atoms with van der Waals surface area (Å²) in [6.45, 7) is 4.25. The lowest BCUT2D eigenvalue weighted by Crippen LogP contribution is -2.36. The highest BCUT2D eigenvalue weighted by molar-refractivity contribution is 4.51. The lowest BCUT2D eigenvalue weighted by Gasteiger charge is -2.32.